The summed E-state index contributed by atoms with van der Waals surface area (Å²) in [5, 5.41) is 4.21. The fourth-order valence-electron chi connectivity index (χ4n) is 7.10. The molecule has 1 aromatic carbocycles. The van der Waals surface area contributed by atoms with Crippen molar-refractivity contribution in [3.63, 3.8) is 0 Å². The Morgan fingerprint density at radius 1 is 1.02 bits per heavy atom. The standard InChI is InChI=1S/C34H43F2N5O2S/c1-23-7-4-3-5-14-41-32-30(20-29(33(41)42)25-12-17-44(43)18-13-25)31(37-22-38-32)39-24(2)26-8-6-9-28(19-26)34(35,36)27-10-15-40(21-23)16-11-27/h6-9,19-20,22,24-25,27H,3-5,10-18,21H2,1-2H3,(H,37,38,39)/b23-7+/t24-,25?,44?/m1/s1. The molecule has 1 N–H and O–H groups in total. The molecule has 10 heteroatoms. The van der Waals surface area contributed by atoms with Crippen LogP contribution < -0.4 is 10.9 Å². The minimum Gasteiger partial charge on any atom is -0.363 e. The zero-order valence-corrected chi connectivity index (χ0v) is 26.6. The molecular formula is C34H43F2N5O2S. The lowest BCUT2D eigenvalue weighted by atomic mass is 9.85. The lowest BCUT2D eigenvalue weighted by Crippen LogP contribution is -2.40. The minimum atomic E-state index is -2.91. The number of pyridine rings is 1. The molecule has 1 atom stereocenters. The van der Waals surface area contributed by atoms with Gasteiger partial charge < -0.3 is 5.32 Å². The van der Waals surface area contributed by atoms with E-state index in [1.807, 2.05) is 19.1 Å². The van der Waals surface area contributed by atoms with Gasteiger partial charge in [0.05, 0.1) is 5.39 Å². The molecule has 0 radical (unpaired) electrons. The molecule has 0 spiro atoms. The Kier molecular flexibility index (Phi) is 9.29. The van der Waals surface area contributed by atoms with Crippen molar-refractivity contribution in [1.82, 2.24) is 19.4 Å². The fourth-order valence-corrected chi connectivity index (χ4v) is 8.40. The zero-order chi connectivity index (χ0) is 30.8. The van der Waals surface area contributed by atoms with Crippen LogP contribution in [0.1, 0.15) is 87.4 Å². The molecule has 4 aliphatic heterocycles. The summed E-state index contributed by atoms with van der Waals surface area (Å²) in [6, 6.07) is 8.38. The SMILES string of the molecule is C/C1=C\CCCCn2c(=O)c(C3CCS(=O)CC3)cc3c(ncnc32)N[C@H](C)c2cccc(c2)C(F)(F)C2CCN(CC2)C1. The number of hydrogen-bond donors (Lipinski definition) is 1. The van der Waals surface area contributed by atoms with Gasteiger partial charge in [-0.1, -0.05) is 29.8 Å². The quantitative estimate of drug-likeness (QED) is 0.311. The molecule has 4 aliphatic rings. The number of nitrogens with zero attached hydrogens (tertiary/aromatic N) is 4. The Morgan fingerprint density at radius 2 is 1.80 bits per heavy atom. The number of rotatable bonds is 1. The number of allylic oxidation sites excluding steroid dienone is 1. The second-order valence-electron chi connectivity index (χ2n) is 12.8. The van der Waals surface area contributed by atoms with Crippen molar-refractivity contribution in [1.29, 1.82) is 0 Å². The molecule has 2 aromatic heterocycles. The Labute approximate surface area is 260 Å². The van der Waals surface area contributed by atoms with Crippen molar-refractivity contribution < 1.29 is 13.0 Å². The van der Waals surface area contributed by atoms with Gasteiger partial charge in [0.1, 0.15) is 17.8 Å². The molecule has 236 valence electrons. The highest BCUT2D eigenvalue weighted by Crippen LogP contribution is 2.42. The number of benzene rings is 1. The average molecular weight is 624 g/mol. The van der Waals surface area contributed by atoms with Crippen LogP contribution in [-0.2, 0) is 23.3 Å². The van der Waals surface area contributed by atoms with Crippen LogP contribution >= 0.6 is 0 Å². The molecule has 0 saturated carbocycles. The number of fused-ring (bicyclic) bond motifs is 8. The van der Waals surface area contributed by atoms with Gasteiger partial charge in [-0.15, -0.1) is 0 Å². The Balaban J connectivity index is 1.41. The van der Waals surface area contributed by atoms with Gasteiger partial charge in [0.2, 0.25) is 0 Å². The van der Waals surface area contributed by atoms with Crippen molar-refractivity contribution in [3.8, 4) is 0 Å². The second kappa shape index (κ2) is 13.2. The van der Waals surface area contributed by atoms with Crippen LogP contribution in [0.25, 0.3) is 11.0 Å². The van der Waals surface area contributed by atoms with Gasteiger partial charge in [-0.3, -0.25) is 18.5 Å². The van der Waals surface area contributed by atoms with Crippen molar-refractivity contribution in [2.24, 2.45) is 5.92 Å². The summed E-state index contributed by atoms with van der Waals surface area (Å²) < 4.78 is 45.7. The maximum Gasteiger partial charge on any atom is 0.276 e. The highest BCUT2D eigenvalue weighted by atomic mass is 32.2. The highest BCUT2D eigenvalue weighted by molar-refractivity contribution is 7.85. The van der Waals surface area contributed by atoms with Crippen molar-refractivity contribution in [2.45, 2.75) is 83.2 Å². The first-order valence-corrected chi connectivity index (χ1v) is 17.6. The summed E-state index contributed by atoms with van der Waals surface area (Å²) in [6.45, 7) is 6.75. The largest absolute Gasteiger partial charge is 0.363 e. The first-order chi connectivity index (χ1) is 21.2. The first-order valence-electron chi connectivity index (χ1n) is 16.1. The normalized spacial score (nSPS) is 29.4. The van der Waals surface area contributed by atoms with Crippen LogP contribution in [0.3, 0.4) is 0 Å². The van der Waals surface area contributed by atoms with Gasteiger partial charge in [-0.25, -0.2) is 18.7 Å². The second-order valence-corrected chi connectivity index (χ2v) is 14.5. The van der Waals surface area contributed by atoms with Crippen LogP contribution in [0.2, 0.25) is 0 Å². The third-order valence-electron chi connectivity index (χ3n) is 9.76. The maximum absolute atomic E-state index is 15.9. The van der Waals surface area contributed by atoms with Crippen molar-refractivity contribution in [3.05, 3.63) is 75.4 Å². The summed E-state index contributed by atoms with van der Waals surface area (Å²) in [5.41, 5.74) is 3.33. The number of aryl methyl sites for hydroxylation is 1. The molecule has 7 nitrogen and oxygen atoms in total. The Morgan fingerprint density at radius 3 is 2.57 bits per heavy atom. The van der Waals surface area contributed by atoms with E-state index in [0.717, 1.165) is 42.3 Å². The predicted molar refractivity (Wildman–Crippen MR) is 173 cm³/mol. The lowest BCUT2D eigenvalue weighted by Gasteiger charge is -2.36. The molecule has 2 saturated heterocycles. The number of anilines is 1. The number of aromatic nitrogens is 3. The van der Waals surface area contributed by atoms with Crippen LogP contribution in [-0.4, -0.2) is 54.8 Å². The molecule has 44 heavy (non-hydrogen) atoms. The van der Waals surface area contributed by atoms with Crippen LogP contribution in [0.5, 0.6) is 0 Å². The Hall–Kier alpha value is -2.98. The van der Waals surface area contributed by atoms with Gasteiger partial charge >= 0.3 is 0 Å². The third-order valence-corrected chi connectivity index (χ3v) is 11.1. The predicted octanol–water partition coefficient (Wildman–Crippen LogP) is 6.52. The smallest absolute Gasteiger partial charge is 0.276 e. The van der Waals surface area contributed by atoms with Crippen LogP contribution in [0.4, 0.5) is 14.6 Å². The maximum atomic E-state index is 15.9. The number of halogens is 2. The van der Waals surface area contributed by atoms with Gasteiger partial charge in [0, 0.05) is 58.5 Å². The summed E-state index contributed by atoms with van der Waals surface area (Å²) in [7, 11) is -0.834. The molecular weight excluding hydrogens is 580 g/mol. The van der Waals surface area contributed by atoms with Crippen LogP contribution in [0.15, 0.2) is 53.1 Å². The molecule has 8 bridgehead atoms. The van der Waals surface area contributed by atoms with Crippen LogP contribution in [0, 0.1) is 5.92 Å². The van der Waals surface area contributed by atoms with Crippen molar-refractivity contribution >= 4 is 27.7 Å². The third kappa shape index (κ3) is 6.52. The number of hydrogen-bond acceptors (Lipinski definition) is 6. The van der Waals surface area contributed by atoms with Gasteiger partial charge in [0.15, 0.2) is 0 Å². The summed E-state index contributed by atoms with van der Waals surface area (Å²) in [6.07, 6.45) is 8.74. The van der Waals surface area contributed by atoms with Gasteiger partial charge in [0.25, 0.3) is 11.5 Å². The van der Waals surface area contributed by atoms with E-state index >= 15 is 8.78 Å². The van der Waals surface area contributed by atoms with Gasteiger partial charge in [-0.05, 0) is 95.5 Å². The monoisotopic (exact) mass is 623 g/mol. The fraction of sp³-hybridized carbons (Fsp3) is 0.559. The molecule has 7 rings (SSSR count). The van der Waals surface area contributed by atoms with E-state index in [0.29, 0.717) is 68.3 Å². The molecule has 0 unspecified atom stereocenters. The molecule has 0 aliphatic carbocycles. The number of alkyl halides is 2. The van der Waals surface area contributed by atoms with E-state index in [1.54, 1.807) is 22.8 Å². The topological polar surface area (TPSA) is 80.1 Å². The zero-order valence-electron chi connectivity index (χ0n) is 25.7. The summed E-state index contributed by atoms with van der Waals surface area (Å²) in [5.74, 6) is -1.80. The van der Waals surface area contributed by atoms with Crippen molar-refractivity contribution in [2.75, 3.05) is 36.5 Å². The summed E-state index contributed by atoms with van der Waals surface area (Å²) >= 11 is 0. The summed E-state index contributed by atoms with van der Waals surface area (Å²) in [4.78, 5) is 25.4. The highest BCUT2D eigenvalue weighted by Gasteiger charge is 2.42. The van der Waals surface area contributed by atoms with E-state index < -0.39 is 22.6 Å². The number of nitrogens with one attached hydrogen (secondary N) is 1. The van der Waals surface area contributed by atoms with E-state index in [-0.39, 0.29) is 23.1 Å². The number of piperidine rings is 1. The lowest BCUT2D eigenvalue weighted by molar-refractivity contribution is -0.0848. The molecule has 6 heterocycles. The molecule has 0 amide bonds. The first kappa shape index (κ1) is 31.0. The van der Waals surface area contributed by atoms with E-state index in [2.05, 4.69) is 33.2 Å². The Bertz CT molecular complexity index is 1600. The van der Waals surface area contributed by atoms with Gasteiger partial charge in [-0.2, -0.15) is 0 Å². The molecule has 3 aromatic rings. The van der Waals surface area contributed by atoms with E-state index in [9.17, 15) is 9.00 Å². The van der Waals surface area contributed by atoms with E-state index in [1.165, 1.54) is 11.9 Å². The average Bonchev–Trinajstić information content (AvgIpc) is 3.02. The van der Waals surface area contributed by atoms with E-state index in [4.69, 9.17) is 0 Å². The minimum absolute atomic E-state index is 0.0310. The molecule has 2 fully saturated rings.